The normalized spacial score (nSPS) is 15.3. The van der Waals surface area contributed by atoms with E-state index in [4.69, 9.17) is 17.6 Å². The lowest BCUT2D eigenvalue weighted by atomic mass is 10.1. The Morgan fingerprint density at radius 2 is 1.89 bits per heavy atom. The Kier molecular flexibility index (Phi) is 4.26. The average Bonchev–Trinajstić information content (AvgIpc) is 2.92. The summed E-state index contributed by atoms with van der Waals surface area (Å²) in [6.07, 6.45) is 6.56. The summed E-state index contributed by atoms with van der Waals surface area (Å²) in [5, 5.41) is 11.0. The summed E-state index contributed by atoms with van der Waals surface area (Å²) >= 11 is 5.43. The number of nitrogens with one attached hydrogen (secondary N) is 2. The molecule has 0 unspecified atom stereocenters. The van der Waals surface area contributed by atoms with E-state index in [9.17, 15) is 0 Å². The van der Waals surface area contributed by atoms with Gasteiger partial charge in [-0.3, -0.25) is 0 Å². The van der Waals surface area contributed by atoms with Gasteiger partial charge in [0, 0.05) is 11.6 Å². The molecule has 1 aliphatic rings. The van der Waals surface area contributed by atoms with Crippen LogP contribution in [-0.4, -0.2) is 10.7 Å². The van der Waals surface area contributed by atoms with Gasteiger partial charge in [-0.05, 0) is 36.6 Å². The van der Waals surface area contributed by atoms with Crippen LogP contribution in [0.5, 0.6) is 0 Å². The van der Waals surface area contributed by atoms with Gasteiger partial charge >= 0.3 is 0 Å². The highest BCUT2D eigenvalue weighted by atomic mass is 32.1. The lowest BCUT2D eigenvalue weighted by molar-refractivity contribution is 0.738. The Morgan fingerprint density at radius 1 is 1.28 bits per heavy atom. The fourth-order valence-electron chi connectivity index (χ4n) is 2.28. The van der Waals surface area contributed by atoms with Crippen LogP contribution >= 0.6 is 12.2 Å². The fraction of sp³-hybridized carbons (Fsp3) is 0.333. The van der Waals surface area contributed by atoms with Crippen LogP contribution in [0.4, 0.5) is 5.69 Å². The zero-order chi connectivity index (χ0) is 13.0. The second kappa shape index (κ2) is 5.91. The van der Waals surface area contributed by atoms with E-state index >= 15 is 0 Å². The molecule has 1 aromatic rings. The second-order valence-electron chi connectivity index (χ2n) is 4.67. The quantitative estimate of drug-likeness (QED) is 0.628. The van der Waals surface area contributed by atoms with Gasteiger partial charge in [-0.15, -0.1) is 0 Å². The van der Waals surface area contributed by atoms with Crippen LogP contribution < -0.4 is 5.32 Å². The molecule has 0 amide bonds. The molecule has 0 spiro atoms. The first-order chi connectivity index (χ1) is 8.70. The number of hydrogen-bond donors (Lipinski definition) is 2. The van der Waals surface area contributed by atoms with Gasteiger partial charge in [0.15, 0.2) is 0 Å². The minimum absolute atomic E-state index is 0.444. The van der Waals surface area contributed by atoms with Gasteiger partial charge in [-0.25, -0.2) is 0 Å². The topological polar surface area (TPSA) is 35.9 Å². The van der Waals surface area contributed by atoms with Gasteiger partial charge < -0.3 is 10.7 Å². The Morgan fingerprint density at radius 3 is 2.44 bits per heavy atom. The van der Waals surface area contributed by atoms with Gasteiger partial charge in [0.05, 0.1) is 10.7 Å². The number of rotatable bonds is 4. The molecule has 2 rings (SSSR count). The molecule has 0 aliphatic heterocycles. The largest absolute Gasteiger partial charge is 0.350 e. The first kappa shape index (κ1) is 13.0. The molecule has 2 nitrogen and oxygen atoms in total. The molecule has 0 saturated heterocycles. The number of thiocarbonyl (C=S) groups is 1. The molecule has 0 aromatic heterocycles. The van der Waals surface area contributed by atoms with Crippen molar-refractivity contribution in [1.82, 2.24) is 0 Å². The van der Waals surface area contributed by atoms with Gasteiger partial charge in [-0.2, -0.15) is 0 Å². The van der Waals surface area contributed by atoms with Crippen LogP contribution in [0.2, 0.25) is 0 Å². The minimum atomic E-state index is 0.444. The van der Waals surface area contributed by atoms with E-state index in [1.165, 1.54) is 25.7 Å². The summed E-state index contributed by atoms with van der Waals surface area (Å²) in [5.74, 6) is 0.547. The molecule has 0 bridgehead atoms. The highest BCUT2D eigenvalue weighted by molar-refractivity contribution is 7.80. The van der Waals surface area contributed by atoms with Gasteiger partial charge in [0.25, 0.3) is 0 Å². The van der Waals surface area contributed by atoms with Crippen molar-refractivity contribution >= 4 is 28.6 Å². The highest BCUT2D eigenvalue weighted by Gasteiger charge is 2.19. The summed E-state index contributed by atoms with van der Waals surface area (Å²) < 4.78 is 0. The molecule has 0 atom stereocenters. The van der Waals surface area contributed by atoms with E-state index in [1.54, 1.807) is 6.08 Å². The third-order valence-corrected chi connectivity index (χ3v) is 3.83. The van der Waals surface area contributed by atoms with Crippen molar-refractivity contribution < 1.29 is 0 Å². The molecule has 2 N–H and O–H groups in total. The molecule has 94 valence electrons. The van der Waals surface area contributed by atoms with E-state index in [0.29, 0.717) is 11.6 Å². The second-order valence-corrected chi connectivity index (χ2v) is 5.11. The SMILES string of the molecule is C=CC(=N)c1ccc(NC(=S)C2CCCC2)cc1. The molecule has 0 heterocycles. The molecule has 1 aromatic carbocycles. The van der Waals surface area contributed by atoms with Crippen LogP contribution in [0, 0.1) is 11.3 Å². The third kappa shape index (κ3) is 3.05. The van der Waals surface area contributed by atoms with Crippen LogP contribution in [0.15, 0.2) is 36.9 Å². The number of anilines is 1. The molecular weight excluding hydrogens is 240 g/mol. The smallest absolute Gasteiger partial charge is 0.0828 e. The Labute approximate surface area is 114 Å². The molecular formula is C15H18N2S. The molecule has 1 saturated carbocycles. The third-order valence-electron chi connectivity index (χ3n) is 3.39. The first-order valence-electron chi connectivity index (χ1n) is 6.33. The van der Waals surface area contributed by atoms with Crippen LogP contribution in [0.3, 0.4) is 0 Å². The maximum atomic E-state index is 7.66. The molecule has 1 fully saturated rings. The maximum absolute atomic E-state index is 7.66. The van der Waals surface area contributed by atoms with Crippen molar-refractivity contribution in [3.05, 3.63) is 42.5 Å². The van der Waals surface area contributed by atoms with E-state index in [1.807, 2.05) is 24.3 Å². The number of benzene rings is 1. The van der Waals surface area contributed by atoms with E-state index < -0.39 is 0 Å². The van der Waals surface area contributed by atoms with Crippen molar-refractivity contribution in [2.75, 3.05) is 5.32 Å². The average molecular weight is 258 g/mol. The molecule has 3 heteroatoms. The van der Waals surface area contributed by atoms with E-state index in [0.717, 1.165) is 16.2 Å². The summed E-state index contributed by atoms with van der Waals surface area (Å²) in [7, 11) is 0. The Bertz CT molecular complexity index is 456. The minimum Gasteiger partial charge on any atom is -0.350 e. The van der Waals surface area contributed by atoms with Crippen molar-refractivity contribution in [2.24, 2.45) is 5.92 Å². The summed E-state index contributed by atoms with van der Waals surface area (Å²) in [5.41, 5.74) is 2.33. The Balaban J connectivity index is 1.99. The van der Waals surface area contributed by atoms with Crippen LogP contribution in [0.25, 0.3) is 0 Å². The zero-order valence-electron chi connectivity index (χ0n) is 10.4. The Hall–Kier alpha value is -1.48. The van der Waals surface area contributed by atoms with Crippen molar-refractivity contribution in [1.29, 1.82) is 5.41 Å². The number of hydrogen-bond acceptors (Lipinski definition) is 2. The summed E-state index contributed by atoms with van der Waals surface area (Å²) in [6, 6.07) is 7.77. The maximum Gasteiger partial charge on any atom is 0.0828 e. The van der Waals surface area contributed by atoms with E-state index in [2.05, 4.69) is 11.9 Å². The first-order valence-corrected chi connectivity index (χ1v) is 6.74. The van der Waals surface area contributed by atoms with E-state index in [-0.39, 0.29) is 0 Å². The van der Waals surface area contributed by atoms with Crippen molar-refractivity contribution in [3.63, 3.8) is 0 Å². The highest BCUT2D eigenvalue weighted by Crippen LogP contribution is 2.26. The van der Waals surface area contributed by atoms with Gasteiger partial charge in [-0.1, -0.05) is 43.8 Å². The predicted molar refractivity (Wildman–Crippen MR) is 81.6 cm³/mol. The fourth-order valence-corrected chi connectivity index (χ4v) is 2.64. The molecule has 1 aliphatic carbocycles. The zero-order valence-corrected chi connectivity index (χ0v) is 11.2. The van der Waals surface area contributed by atoms with Crippen molar-refractivity contribution in [2.45, 2.75) is 25.7 Å². The monoisotopic (exact) mass is 258 g/mol. The van der Waals surface area contributed by atoms with Crippen molar-refractivity contribution in [3.8, 4) is 0 Å². The lowest BCUT2D eigenvalue weighted by Crippen LogP contribution is -2.18. The van der Waals surface area contributed by atoms with Crippen LogP contribution in [-0.2, 0) is 0 Å². The van der Waals surface area contributed by atoms with Gasteiger partial charge in [0.2, 0.25) is 0 Å². The lowest BCUT2D eigenvalue weighted by Gasteiger charge is -2.13. The summed E-state index contributed by atoms with van der Waals surface area (Å²) in [4.78, 5) is 0.957. The summed E-state index contributed by atoms with van der Waals surface area (Å²) in [6.45, 7) is 3.60. The number of allylic oxidation sites excluding steroid dienone is 1. The molecule has 0 radical (unpaired) electrons. The standard InChI is InChI=1S/C15H18N2S/c1-2-14(16)11-7-9-13(10-8-11)17-15(18)12-5-3-4-6-12/h2,7-10,12,16H,1,3-6H2,(H,17,18). The van der Waals surface area contributed by atoms with Crippen LogP contribution in [0.1, 0.15) is 31.2 Å². The van der Waals surface area contributed by atoms with Gasteiger partial charge in [0.1, 0.15) is 0 Å². The predicted octanol–water partition coefficient (Wildman–Crippen LogP) is 4.17. The molecule has 18 heavy (non-hydrogen) atoms.